The maximum atomic E-state index is 12.4. The van der Waals surface area contributed by atoms with Crippen molar-refractivity contribution in [1.82, 2.24) is 4.72 Å². The molecular formula is C14H14ClNO3S2. The van der Waals surface area contributed by atoms with Gasteiger partial charge in [-0.25, -0.2) is 13.1 Å². The van der Waals surface area contributed by atoms with E-state index < -0.39 is 21.3 Å². The second-order valence-electron chi connectivity index (χ2n) is 5.00. The van der Waals surface area contributed by atoms with Gasteiger partial charge in [-0.3, -0.25) is 4.79 Å². The Morgan fingerprint density at radius 2 is 1.95 bits per heavy atom. The number of sulfonamides is 1. The van der Waals surface area contributed by atoms with E-state index in [9.17, 15) is 13.2 Å². The van der Waals surface area contributed by atoms with E-state index in [0.717, 1.165) is 11.3 Å². The smallest absolute Gasteiger partial charge is 0.273 e. The number of nitrogens with one attached hydrogen (secondary N) is 1. The van der Waals surface area contributed by atoms with Crippen molar-refractivity contribution in [3.63, 3.8) is 0 Å². The Kier molecular flexibility index (Phi) is 4.41. The summed E-state index contributed by atoms with van der Waals surface area (Å²) in [6, 6.07) is 9.88. The standard InChI is InChI=1S/C14H14ClNO3S2/c1-14(2,10-5-3-6-11(15)9-10)13(17)16-21(18,19)12-7-4-8-20-12/h3-9H,1-2H3,(H,16,17). The quantitative estimate of drug-likeness (QED) is 0.927. The molecule has 112 valence electrons. The fraction of sp³-hybridized carbons (Fsp3) is 0.214. The molecule has 1 N–H and O–H groups in total. The number of carbonyl (C=O) groups is 1. The van der Waals surface area contributed by atoms with Gasteiger partial charge in [-0.2, -0.15) is 0 Å². The SMILES string of the molecule is CC(C)(C(=O)NS(=O)(=O)c1cccs1)c1cccc(Cl)c1. The maximum absolute atomic E-state index is 12.4. The zero-order valence-corrected chi connectivity index (χ0v) is 13.8. The van der Waals surface area contributed by atoms with Crippen LogP contribution in [0.15, 0.2) is 46.0 Å². The predicted octanol–water partition coefficient (Wildman–Crippen LogP) is 3.18. The topological polar surface area (TPSA) is 63.2 Å². The van der Waals surface area contributed by atoms with Gasteiger partial charge in [-0.05, 0) is 43.0 Å². The number of rotatable bonds is 4. The average molecular weight is 344 g/mol. The van der Waals surface area contributed by atoms with Gasteiger partial charge in [0.05, 0.1) is 5.41 Å². The van der Waals surface area contributed by atoms with Crippen LogP contribution in [-0.2, 0) is 20.2 Å². The summed E-state index contributed by atoms with van der Waals surface area (Å²) in [4.78, 5) is 12.4. The van der Waals surface area contributed by atoms with Gasteiger partial charge in [-0.1, -0.05) is 29.8 Å². The minimum Gasteiger partial charge on any atom is -0.273 e. The summed E-state index contributed by atoms with van der Waals surface area (Å²) in [5.74, 6) is -0.599. The van der Waals surface area contributed by atoms with Crippen molar-refractivity contribution in [2.24, 2.45) is 0 Å². The van der Waals surface area contributed by atoms with Gasteiger partial charge in [0.1, 0.15) is 4.21 Å². The van der Waals surface area contributed by atoms with E-state index in [-0.39, 0.29) is 4.21 Å². The molecule has 0 saturated carbocycles. The Morgan fingerprint density at radius 1 is 1.24 bits per heavy atom. The summed E-state index contributed by atoms with van der Waals surface area (Å²) in [7, 11) is -3.83. The molecule has 0 aliphatic carbocycles. The van der Waals surface area contributed by atoms with Crippen LogP contribution in [0, 0.1) is 0 Å². The summed E-state index contributed by atoms with van der Waals surface area (Å²) < 4.78 is 26.4. The van der Waals surface area contributed by atoms with Gasteiger partial charge in [0, 0.05) is 5.02 Å². The van der Waals surface area contributed by atoms with E-state index in [0.29, 0.717) is 10.6 Å². The van der Waals surface area contributed by atoms with Gasteiger partial charge in [0.25, 0.3) is 10.0 Å². The van der Waals surface area contributed by atoms with Crippen molar-refractivity contribution in [2.45, 2.75) is 23.5 Å². The van der Waals surface area contributed by atoms with Crippen LogP contribution in [0.1, 0.15) is 19.4 Å². The van der Waals surface area contributed by atoms with Crippen LogP contribution < -0.4 is 4.72 Å². The highest BCUT2D eigenvalue weighted by molar-refractivity contribution is 7.92. The van der Waals surface area contributed by atoms with Crippen LogP contribution in [0.4, 0.5) is 0 Å². The predicted molar refractivity (Wildman–Crippen MR) is 84.1 cm³/mol. The summed E-state index contributed by atoms with van der Waals surface area (Å²) in [5.41, 5.74) is -0.372. The number of thiophene rings is 1. The van der Waals surface area contributed by atoms with E-state index in [1.807, 2.05) is 0 Å². The minimum atomic E-state index is -3.83. The molecule has 0 saturated heterocycles. The molecule has 0 aliphatic rings. The Morgan fingerprint density at radius 3 is 2.52 bits per heavy atom. The van der Waals surface area contributed by atoms with E-state index in [2.05, 4.69) is 4.72 Å². The normalized spacial score (nSPS) is 12.1. The number of carbonyl (C=O) groups excluding carboxylic acids is 1. The number of halogens is 1. The third-order valence-electron chi connectivity index (χ3n) is 3.10. The molecule has 21 heavy (non-hydrogen) atoms. The lowest BCUT2D eigenvalue weighted by atomic mass is 9.84. The van der Waals surface area contributed by atoms with Crippen LogP contribution >= 0.6 is 22.9 Å². The van der Waals surface area contributed by atoms with Crippen molar-refractivity contribution >= 4 is 38.9 Å². The Hall–Kier alpha value is -1.37. The van der Waals surface area contributed by atoms with Gasteiger partial charge < -0.3 is 0 Å². The van der Waals surface area contributed by atoms with E-state index in [1.165, 1.54) is 6.07 Å². The molecule has 0 radical (unpaired) electrons. The first kappa shape index (κ1) is 16.0. The number of benzene rings is 1. The summed E-state index contributed by atoms with van der Waals surface area (Å²) >= 11 is 6.98. The maximum Gasteiger partial charge on any atom is 0.273 e. The van der Waals surface area contributed by atoms with Gasteiger partial charge in [0.2, 0.25) is 5.91 Å². The average Bonchev–Trinajstić information content (AvgIpc) is 2.92. The molecule has 0 aliphatic heterocycles. The number of hydrogen-bond acceptors (Lipinski definition) is 4. The summed E-state index contributed by atoms with van der Waals surface area (Å²) in [5, 5.41) is 2.13. The van der Waals surface area contributed by atoms with Crippen LogP contribution in [0.3, 0.4) is 0 Å². The number of amides is 1. The Bertz CT molecular complexity index is 752. The molecule has 0 fully saturated rings. The third-order valence-corrected chi connectivity index (χ3v) is 6.06. The zero-order chi connectivity index (χ0) is 15.7. The third kappa shape index (κ3) is 3.45. The van der Waals surface area contributed by atoms with E-state index in [1.54, 1.807) is 49.6 Å². The van der Waals surface area contributed by atoms with Crippen LogP contribution in [0.2, 0.25) is 5.02 Å². The fourth-order valence-electron chi connectivity index (χ4n) is 1.72. The van der Waals surface area contributed by atoms with Gasteiger partial charge in [0.15, 0.2) is 0 Å². The molecule has 0 atom stereocenters. The largest absolute Gasteiger partial charge is 0.273 e. The Balaban J connectivity index is 2.27. The summed E-state index contributed by atoms with van der Waals surface area (Å²) in [6.45, 7) is 3.30. The van der Waals surface area contributed by atoms with Crippen LogP contribution in [0.25, 0.3) is 0 Å². The van der Waals surface area contributed by atoms with Gasteiger partial charge >= 0.3 is 0 Å². The molecule has 4 nitrogen and oxygen atoms in total. The molecule has 0 spiro atoms. The lowest BCUT2D eigenvalue weighted by molar-refractivity contribution is -0.123. The Labute approximate surface area is 132 Å². The molecule has 1 heterocycles. The highest BCUT2D eigenvalue weighted by Crippen LogP contribution is 2.27. The summed E-state index contributed by atoms with van der Waals surface area (Å²) in [6.07, 6.45) is 0. The first-order valence-electron chi connectivity index (χ1n) is 6.10. The monoisotopic (exact) mass is 343 g/mol. The molecule has 0 bridgehead atoms. The fourth-order valence-corrected chi connectivity index (χ4v) is 4.02. The van der Waals surface area contributed by atoms with Crippen molar-refractivity contribution in [1.29, 1.82) is 0 Å². The second-order valence-corrected chi connectivity index (χ2v) is 8.30. The zero-order valence-electron chi connectivity index (χ0n) is 11.5. The lowest BCUT2D eigenvalue weighted by Crippen LogP contribution is -2.42. The molecule has 1 amide bonds. The van der Waals surface area contributed by atoms with Crippen molar-refractivity contribution in [2.75, 3.05) is 0 Å². The number of hydrogen-bond donors (Lipinski definition) is 1. The molecule has 2 rings (SSSR count). The second kappa shape index (κ2) is 5.79. The molecular weight excluding hydrogens is 330 g/mol. The van der Waals surface area contributed by atoms with Crippen molar-refractivity contribution < 1.29 is 13.2 Å². The highest BCUT2D eigenvalue weighted by atomic mass is 35.5. The molecule has 7 heteroatoms. The molecule has 1 aromatic carbocycles. The molecule has 0 unspecified atom stereocenters. The minimum absolute atomic E-state index is 0.109. The highest BCUT2D eigenvalue weighted by Gasteiger charge is 2.33. The molecule has 1 aromatic heterocycles. The first-order chi connectivity index (χ1) is 9.73. The first-order valence-corrected chi connectivity index (χ1v) is 8.84. The van der Waals surface area contributed by atoms with Gasteiger partial charge in [-0.15, -0.1) is 11.3 Å². The molecule has 2 aromatic rings. The lowest BCUT2D eigenvalue weighted by Gasteiger charge is -2.24. The van der Waals surface area contributed by atoms with Crippen LogP contribution in [0.5, 0.6) is 0 Å². The van der Waals surface area contributed by atoms with E-state index >= 15 is 0 Å². The van der Waals surface area contributed by atoms with E-state index in [4.69, 9.17) is 11.6 Å². The van der Waals surface area contributed by atoms with Crippen molar-refractivity contribution in [3.8, 4) is 0 Å². The van der Waals surface area contributed by atoms with Crippen molar-refractivity contribution in [3.05, 3.63) is 52.4 Å². The van der Waals surface area contributed by atoms with Crippen LogP contribution in [-0.4, -0.2) is 14.3 Å².